The van der Waals surface area contributed by atoms with E-state index in [1.807, 2.05) is 5.70 Å². The molecule has 1 heterocycles. The third kappa shape index (κ3) is 1.95. The Balaban J connectivity index is 2.72. The van der Waals surface area contributed by atoms with Crippen LogP contribution in [0.4, 0.5) is 0 Å². The molecular formula is C8H16O2Si2. The largest absolute Gasteiger partial charge is 0.410 e. The van der Waals surface area contributed by atoms with Gasteiger partial charge in [0.25, 0.3) is 0 Å². The molecule has 1 aliphatic heterocycles. The smallest absolute Gasteiger partial charge is 0.373 e. The Bertz CT molecular complexity index is 221. The summed E-state index contributed by atoms with van der Waals surface area (Å²) < 4.78 is 11.7. The summed E-state index contributed by atoms with van der Waals surface area (Å²) in [6, 6.07) is 0. The van der Waals surface area contributed by atoms with Gasteiger partial charge in [-0.2, -0.15) is 0 Å². The van der Waals surface area contributed by atoms with Crippen molar-refractivity contribution in [3.8, 4) is 0 Å². The first-order valence-electron chi connectivity index (χ1n) is 4.09. The minimum absolute atomic E-state index is 1.24. The van der Waals surface area contributed by atoms with Gasteiger partial charge in [0.1, 0.15) is 0 Å². The van der Waals surface area contributed by atoms with Crippen LogP contribution in [-0.4, -0.2) is 17.1 Å². The molecule has 0 radical (unpaired) electrons. The lowest BCUT2D eigenvalue weighted by atomic mass is 10.4. The lowest BCUT2D eigenvalue weighted by Crippen LogP contribution is -2.66. The van der Waals surface area contributed by atoms with E-state index in [-0.39, 0.29) is 0 Å². The van der Waals surface area contributed by atoms with Gasteiger partial charge in [-0.15, -0.1) is 6.58 Å². The van der Waals surface area contributed by atoms with Crippen LogP contribution < -0.4 is 0 Å². The van der Waals surface area contributed by atoms with Gasteiger partial charge in [-0.05, 0) is 38.3 Å². The standard InChI is InChI=1S/C8H16O2Si2/c1-6-12(7-8(2)3)9-11(4,5)10-12/h6-7H,1H2,2-5H3. The van der Waals surface area contributed by atoms with Gasteiger partial charge in [0.15, 0.2) is 0 Å². The molecule has 1 fully saturated rings. The Hall–Kier alpha value is -0.166. The molecule has 0 N–H and O–H groups in total. The van der Waals surface area contributed by atoms with Crippen LogP contribution in [0.5, 0.6) is 0 Å². The van der Waals surface area contributed by atoms with Crippen LogP contribution in [0.1, 0.15) is 13.8 Å². The van der Waals surface area contributed by atoms with Crippen molar-refractivity contribution >= 4 is 17.1 Å². The van der Waals surface area contributed by atoms with Gasteiger partial charge in [-0.3, -0.25) is 0 Å². The zero-order valence-corrected chi connectivity index (χ0v) is 10.2. The second kappa shape index (κ2) is 2.95. The average molecular weight is 200 g/mol. The van der Waals surface area contributed by atoms with Gasteiger partial charge in [0.05, 0.1) is 0 Å². The van der Waals surface area contributed by atoms with Crippen molar-refractivity contribution < 1.29 is 8.23 Å². The van der Waals surface area contributed by atoms with Gasteiger partial charge in [0.2, 0.25) is 0 Å². The Labute approximate surface area is 76.4 Å². The number of rotatable bonds is 2. The summed E-state index contributed by atoms with van der Waals surface area (Å²) in [6.07, 6.45) is 0. The molecule has 0 aromatic heterocycles. The van der Waals surface area contributed by atoms with E-state index < -0.39 is 17.1 Å². The first-order chi connectivity index (χ1) is 5.39. The van der Waals surface area contributed by atoms with Crippen molar-refractivity contribution in [2.75, 3.05) is 0 Å². The van der Waals surface area contributed by atoms with Crippen molar-refractivity contribution in [1.82, 2.24) is 0 Å². The van der Waals surface area contributed by atoms with Gasteiger partial charge in [-0.25, -0.2) is 0 Å². The quantitative estimate of drug-likeness (QED) is 0.637. The third-order valence-corrected chi connectivity index (χ3v) is 9.62. The maximum Gasteiger partial charge on any atom is 0.373 e. The second-order valence-electron chi connectivity index (χ2n) is 3.75. The van der Waals surface area contributed by atoms with E-state index in [2.05, 4.69) is 39.2 Å². The van der Waals surface area contributed by atoms with E-state index in [1.165, 1.54) is 5.57 Å². The molecule has 1 rings (SSSR count). The number of allylic oxidation sites excluding steroid dienone is 1. The topological polar surface area (TPSA) is 18.5 Å². The first-order valence-corrected chi connectivity index (χ1v) is 8.88. The summed E-state index contributed by atoms with van der Waals surface area (Å²) in [5, 5.41) is 0. The molecule has 1 aliphatic rings. The summed E-state index contributed by atoms with van der Waals surface area (Å²) in [4.78, 5) is 0. The minimum Gasteiger partial charge on any atom is -0.410 e. The lowest BCUT2D eigenvalue weighted by Gasteiger charge is -2.47. The molecule has 0 amide bonds. The molecule has 12 heavy (non-hydrogen) atoms. The highest BCUT2D eigenvalue weighted by molar-refractivity contribution is 6.98. The van der Waals surface area contributed by atoms with Crippen LogP contribution in [0.15, 0.2) is 23.6 Å². The Morgan fingerprint density at radius 2 is 1.75 bits per heavy atom. The fraction of sp³-hybridized carbons (Fsp3) is 0.500. The Kier molecular flexibility index (Phi) is 2.44. The van der Waals surface area contributed by atoms with Gasteiger partial charge in [0, 0.05) is 0 Å². The second-order valence-corrected chi connectivity index (χ2v) is 10.3. The molecule has 68 valence electrons. The van der Waals surface area contributed by atoms with Gasteiger partial charge in [-0.1, -0.05) is 5.57 Å². The molecule has 4 heteroatoms. The molecule has 0 aromatic rings. The molecule has 0 bridgehead atoms. The maximum atomic E-state index is 5.84. The van der Waals surface area contributed by atoms with Crippen molar-refractivity contribution in [2.24, 2.45) is 0 Å². The van der Waals surface area contributed by atoms with Crippen LogP contribution in [-0.2, 0) is 8.23 Å². The highest BCUT2D eigenvalue weighted by Gasteiger charge is 2.53. The van der Waals surface area contributed by atoms with E-state index in [0.29, 0.717) is 0 Å². The minimum atomic E-state index is -2.05. The van der Waals surface area contributed by atoms with Crippen LogP contribution in [0, 0.1) is 0 Å². The van der Waals surface area contributed by atoms with E-state index in [1.54, 1.807) is 0 Å². The van der Waals surface area contributed by atoms with E-state index >= 15 is 0 Å². The average Bonchev–Trinajstić information content (AvgIpc) is 1.81. The SMILES string of the molecule is C=C[Si]1(C=C(C)C)O[Si](C)(C)O1. The summed E-state index contributed by atoms with van der Waals surface area (Å²) in [5.74, 6) is 0. The highest BCUT2D eigenvalue weighted by atomic mass is 28.5. The van der Waals surface area contributed by atoms with Crippen molar-refractivity contribution in [1.29, 1.82) is 0 Å². The zero-order valence-electron chi connectivity index (χ0n) is 8.18. The predicted octanol–water partition coefficient (Wildman–Crippen LogP) is 2.41. The molecule has 0 spiro atoms. The van der Waals surface area contributed by atoms with Crippen LogP contribution in [0.3, 0.4) is 0 Å². The fourth-order valence-electron chi connectivity index (χ4n) is 1.38. The van der Waals surface area contributed by atoms with E-state index in [4.69, 9.17) is 8.23 Å². The zero-order chi connectivity index (χ0) is 9.41. The van der Waals surface area contributed by atoms with Gasteiger partial charge >= 0.3 is 17.1 Å². The van der Waals surface area contributed by atoms with Crippen LogP contribution >= 0.6 is 0 Å². The third-order valence-electron chi connectivity index (χ3n) is 1.58. The number of hydrogen-bond acceptors (Lipinski definition) is 2. The highest BCUT2D eigenvalue weighted by Crippen LogP contribution is 2.32. The lowest BCUT2D eigenvalue weighted by molar-refractivity contribution is 0.249. The molecule has 2 nitrogen and oxygen atoms in total. The van der Waals surface area contributed by atoms with Crippen molar-refractivity contribution in [2.45, 2.75) is 26.9 Å². The molecule has 0 aliphatic carbocycles. The number of hydrogen-bond donors (Lipinski definition) is 0. The van der Waals surface area contributed by atoms with Crippen LogP contribution in [0.25, 0.3) is 0 Å². The normalized spacial score (nSPS) is 24.0. The Morgan fingerprint density at radius 1 is 1.25 bits per heavy atom. The summed E-state index contributed by atoms with van der Waals surface area (Å²) in [6.45, 7) is 12.0. The Morgan fingerprint density at radius 3 is 2.00 bits per heavy atom. The van der Waals surface area contributed by atoms with Crippen LogP contribution in [0.2, 0.25) is 13.1 Å². The molecule has 0 aromatic carbocycles. The van der Waals surface area contributed by atoms with E-state index in [9.17, 15) is 0 Å². The maximum absolute atomic E-state index is 5.84. The summed E-state index contributed by atoms with van der Waals surface area (Å²) in [5.41, 5.74) is 5.18. The first kappa shape index (κ1) is 9.92. The predicted molar refractivity (Wildman–Crippen MR) is 55.0 cm³/mol. The molecular weight excluding hydrogens is 184 g/mol. The molecule has 1 saturated heterocycles. The fourth-order valence-corrected chi connectivity index (χ4v) is 9.65. The summed E-state index contributed by atoms with van der Waals surface area (Å²) >= 11 is 0. The van der Waals surface area contributed by atoms with Crippen molar-refractivity contribution in [3.63, 3.8) is 0 Å². The van der Waals surface area contributed by atoms with E-state index in [0.717, 1.165) is 0 Å². The molecule has 0 saturated carbocycles. The van der Waals surface area contributed by atoms with Gasteiger partial charge < -0.3 is 8.23 Å². The summed E-state index contributed by atoms with van der Waals surface area (Å²) in [7, 11) is -3.78. The van der Waals surface area contributed by atoms with Crippen molar-refractivity contribution in [3.05, 3.63) is 23.6 Å². The molecule has 0 unspecified atom stereocenters. The monoisotopic (exact) mass is 200 g/mol. The molecule has 0 atom stereocenters.